The minimum absolute atomic E-state index is 0.365. The molecule has 33 heavy (non-hydrogen) atoms. The number of hydrogen-bond acceptors (Lipinski definition) is 5. The van der Waals surface area contributed by atoms with E-state index in [2.05, 4.69) is 0 Å². The monoisotopic (exact) mass is 472 g/mol. The summed E-state index contributed by atoms with van der Waals surface area (Å²) in [5.74, 6) is 0.988. The molecule has 6 heteroatoms. The van der Waals surface area contributed by atoms with Crippen molar-refractivity contribution in [3.8, 4) is 11.5 Å². The Kier molecular flexibility index (Phi) is 11.6. The molecule has 182 valence electrons. The van der Waals surface area contributed by atoms with E-state index < -0.39 is 8.56 Å². The fraction of sp³-hybridized carbons (Fsp3) is 0.519. The molecule has 0 radical (unpaired) electrons. The lowest BCUT2D eigenvalue weighted by atomic mass is 10.1. The van der Waals surface area contributed by atoms with Crippen molar-refractivity contribution >= 4 is 14.5 Å². The van der Waals surface area contributed by atoms with Crippen molar-refractivity contribution in [2.45, 2.75) is 84.2 Å². The van der Waals surface area contributed by atoms with Gasteiger partial charge in [0.05, 0.1) is 12.2 Å². The molecule has 0 aromatic heterocycles. The lowest BCUT2D eigenvalue weighted by Crippen LogP contribution is -2.29. The molecule has 2 aromatic carbocycles. The molecule has 2 aromatic rings. The molecule has 0 amide bonds. The zero-order valence-corrected chi connectivity index (χ0v) is 21.4. The fourth-order valence-corrected chi connectivity index (χ4v) is 4.67. The largest absolute Gasteiger partial charge is 0.494 e. The third-order valence-corrected chi connectivity index (χ3v) is 6.99. The first-order chi connectivity index (χ1) is 15.7. The number of unbranched alkanes of at least 4 members (excludes halogenated alkanes) is 8. The van der Waals surface area contributed by atoms with Crippen LogP contribution >= 0.6 is 0 Å². The van der Waals surface area contributed by atoms with Gasteiger partial charge in [-0.3, -0.25) is 0 Å². The fourth-order valence-electron chi connectivity index (χ4n) is 3.75. The Bertz CT molecular complexity index is 843. The van der Waals surface area contributed by atoms with Gasteiger partial charge in [-0.1, -0.05) is 69.1 Å². The van der Waals surface area contributed by atoms with Crippen molar-refractivity contribution in [3.05, 3.63) is 59.2 Å². The van der Waals surface area contributed by atoms with E-state index >= 15 is 0 Å². The second-order valence-electron chi connectivity index (χ2n) is 9.18. The predicted molar refractivity (Wildman–Crippen MR) is 135 cm³/mol. The molecule has 2 rings (SSSR count). The Balaban J connectivity index is 1.53. The van der Waals surface area contributed by atoms with E-state index in [0.717, 1.165) is 42.6 Å². The van der Waals surface area contributed by atoms with E-state index in [4.69, 9.17) is 9.47 Å². The molecule has 0 atom stereocenters. The average Bonchev–Trinajstić information content (AvgIpc) is 2.76. The summed E-state index contributed by atoms with van der Waals surface area (Å²) in [4.78, 5) is 31.2. The van der Waals surface area contributed by atoms with Crippen LogP contribution in [0.2, 0.25) is 12.6 Å². The Hall–Kier alpha value is -2.15. The van der Waals surface area contributed by atoms with Crippen LogP contribution in [0.3, 0.4) is 0 Å². The normalized spacial score (nSPS) is 11.4. The molecule has 0 unspecified atom stereocenters. The standard InChI is InChI=1S/C27H40O5Si/c1-22-13-18-26(23(2)21-22)32-27(28)24-14-16-25(17-15-24)31-19-11-9-7-5-4-6-8-10-12-20-33(3,29)30/h13-18,21,29-30H,4-12,19-20H2,1-3H3. The van der Waals surface area contributed by atoms with Crippen molar-refractivity contribution in [1.29, 1.82) is 0 Å². The Labute approximate surface area is 200 Å². The summed E-state index contributed by atoms with van der Waals surface area (Å²) < 4.78 is 11.3. The van der Waals surface area contributed by atoms with E-state index in [0.29, 0.717) is 24.0 Å². The number of benzene rings is 2. The zero-order chi connectivity index (χ0) is 24.1. The summed E-state index contributed by atoms with van der Waals surface area (Å²) in [6.45, 7) is 6.20. The first kappa shape index (κ1) is 27.1. The molecule has 0 aliphatic carbocycles. The molecule has 0 spiro atoms. The highest BCUT2D eigenvalue weighted by Gasteiger charge is 2.19. The number of hydrogen-bond donors (Lipinski definition) is 2. The molecule has 0 aliphatic rings. The van der Waals surface area contributed by atoms with Crippen molar-refractivity contribution in [2.75, 3.05) is 6.61 Å². The quantitative estimate of drug-likeness (QED) is 0.134. The van der Waals surface area contributed by atoms with Gasteiger partial charge in [0.2, 0.25) is 0 Å². The Morgan fingerprint density at radius 1 is 0.818 bits per heavy atom. The number of esters is 1. The van der Waals surface area contributed by atoms with E-state index in [1.807, 2.05) is 44.2 Å². The van der Waals surface area contributed by atoms with E-state index in [-0.39, 0.29) is 5.97 Å². The molecule has 0 saturated heterocycles. The maximum atomic E-state index is 12.4. The third-order valence-electron chi connectivity index (χ3n) is 5.69. The first-order valence-corrected chi connectivity index (χ1v) is 14.8. The van der Waals surface area contributed by atoms with Crippen LogP contribution < -0.4 is 9.47 Å². The van der Waals surface area contributed by atoms with Crippen molar-refractivity contribution in [2.24, 2.45) is 0 Å². The minimum Gasteiger partial charge on any atom is -0.494 e. The predicted octanol–water partition coefficient (Wildman–Crippen LogP) is 6.47. The van der Waals surface area contributed by atoms with Crippen molar-refractivity contribution in [1.82, 2.24) is 0 Å². The summed E-state index contributed by atoms with van der Waals surface area (Å²) in [6.07, 6.45) is 10.3. The van der Waals surface area contributed by atoms with Gasteiger partial charge in [-0.15, -0.1) is 0 Å². The lowest BCUT2D eigenvalue weighted by Gasteiger charge is -2.10. The molecular formula is C27H40O5Si. The zero-order valence-electron chi connectivity index (χ0n) is 20.4. The molecule has 0 bridgehead atoms. The summed E-state index contributed by atoms with van der Waals surface area (Å²) in [6, 6.07) is 13.5. The van der Waals surface area contributed by atoms with Gasteiger partial charge in [0.15, 0.2) is 0 Å². The summed E-state index contributed by atoms with van der Waals surface area (Å²) >= 11 is 0. The van der Waals surface area contributed by atoms with E-state index in [9.17, 15) is 14.4 Å². The van der Waals surface area contributed by atoms with Gasteiger partial charge in [-0.05, 0) is 68.8 Å². The van der Waals surface area contributed by atoms with Crippen LogP contribution in [0, 0.1) is 13.8 Å². The van der Waals surface area contributed by atoms with Crippen LogP contribution in [0.5, 0.6) is 11.5 Å². The molecular weight excluding hydrogens is 432 g/mol. The van der Waals surface area contributed by atoms with Crippen LogP contribution in [0.1, 0.15) is 79.3 Å². The number of carbonyl (C=O) groups excluding carboxylic acids is 1. The van der Waals surface area contributed by atoms with Gasteiger partial charge >= 0.3 is 14.5 Å². The lowest BCUT2D eigenvalue weighted by molar-refractivity contribution is 0.0733. The average molecular weight is 473 g/mol. The van der Waals surface area contributed by atoms with Crippen molar-refractivity contribution in [3.63, 3.8) is 0 Å². The maximum absolute atomic E-state index is 12.4. The van der Waals surface area contributed by atoms with Crippen LogP contribution in [0.15, 0.2) is 42.5 Å². The highest BCUT2D eigenvalue weighted by Crippen LogP contribution is 2.21. The third kappa shape index (κ3) is 11.5. The van der Waals surface area contributed by atoms with Gasteiger partial charge in [-0.25, -0.2) is 4.79 Å². The molecule has 0 saturated carbocycles. The molecule has 5 nitrogen and oxygen atoms in total. The molecule has 0 aliphatic heterocycles. The van der Waals surface area contributed by atoms with Crippen molar-refractivity contribution < 1.29 is 23.9 Å². The summed E-state index contributed by atoms with van der Waals surface area (Å²) in [7, 11) is -2.83. The first-order valence-electron chi connectivity index (χ1n) is 12.2. The van der Waals surface area contributed by atoms with Crippen LogP contribution in [0.25, 0.3) is 0 Å². The van der Waals surface area contributed by atoms with Gasteiger partial charge in [-0.2, -0.15) is 0 Å². The molecule has 0 fully saturated rings. The Morgan fingerprint density at radius 2 is 1.39 bits per heavy atom. The van der Waals surface area contributed by atoms with Crippen LogP contribution in [0.4, 0.5) is 0 Å². The van der Waals surface area contributed by atoms with E-state index in [1.165, 1.54) is 32.1 Å². The number of ether oxygens (including phenoxy) is 2. The van der Waals surface area contributed by atoms with Crippen LogP contribution in [-0.2, 0) is 0 Å². The maximum Gasteiger partial charge on any atom is 0.343 e. The summed E-state index contributed by atoms with van der Waals surface area (Å²) in [5, 5.41) is 0. The summed E-state index contributed by atoms with van der Waals surface area (Å²) in [5.41, 5.74) is 2.58. The number of aryl methyl sites for hydroxylation is 2. The number of carbonyl (C=O) groups is 1. The second kappa shape index (κ2) is 14.2. The topological polar surface area (TPSA) is 76.0 Å². The van der Waals surface area contributed by atoms with Gasteiger partial charge in [0.1, 0.15) is 11.5 Å². The SMILES string of the molecule is Cc1ccc(OC(=O)c2ccc(OCCCCCCCCCCC[Si](C)(O)O)cc2)c(C)c1. The van der Waals surface area contributed by atoms with Gasteiger partial charge in [0.25, 0.3) is 0 Å². The molecule has 2 N–H and O–H groups in total. The minimum atomic E-state index is -2.83. The highest BCUT2D eigenvalue weighted by atomic mass is 28.4. The smallest absolute Gasteiger partial charge is 0.343 e. The molecule has 0 heterocycles. The second-order valence-corrected chi connectivity index (χ2v) is 12.1. The van der Waals surface area contributed by atoms with Crippen LogP contribution in [-0.4, -0.2) is 30.7 Å². The highest BCUT2D eigenvalue weighted by molar-refractivity contribution is 6.63. The number of rotatable bonds is 15. The van der Waals surface area contributed by atoms with Gasteiger partial charge in [0, 0.05) is 0 Å². The van der Waals surface area contributed by atoms with Gasteiger partial charge < -0.3 is 19.1 Å². The van der Waals surface area contributed by atoms with E-state index in [1.54, 1.807) is 18.7 Å². The Morgan fingerprint density at radius 3 is 1.97 bits per heavy atom.